The first kappa shape index (κ1) is 21.0. The maximum atomic E-state index is 12.6. The maximum Gasteiger partial charge on any atom is 0.416 e. The van der Waals surface area contributed by atoms with Gasteiger partial charge in [0.15, 0.2) is 0 Å². The zero-order valence-electron chi connectivity index (χ0n) is 15.1. The summed E-state index contributed by atoms with van der Waals surface area (Å²) in [5, 5.41) is 0. The standard InChI is InChI=1S/C18H24F3NO3/c1-12(13-6-8-14(9-7-13)18(19,20)21)10-15(23)22(5)11-16(24)25-17(2,3)4/h6-9,12H,10-11H2,1-5H3. The Morgan fingerprint density at radius 1 is 1.12 bits per heavy atom. The van der Waals surface area contributed by atoms with Crippen molar-refractivity contribution in [1.82, 2.24) is 4.90 Å². The molecule has 1 aromatic carbocycles. The zero-order valence-corrected chi connectivity index (χ0v) is 15.1. The van der Waals surface area contributed by atoms with Crippen molar-refractivity contribution in [2.24, 2.45) is 0 Å². The fourth-order valence-corrected chi connectivity index (χ4v) is 2.19. The molecular weight excluding hydrogens is 335 g/mol. The van der Waals surface area contributed by atoms with Crippen LogP contribution >= 0.6 is 0 Å². The summed E-state index contributed by atoms with van der Waals surface area (Å²) in [7, 11) is 1.49. The highest BCUT2D eigenvalue weighted by Crippen LogP contribution is 2.30. The SMILES string of the molecule is CC(CC(=O)N(C)CC(=O)OC(C)(C)C)c1ccc(C(F)(F)F)cc1. The van der Waals surface area contributed by atoms with Crippen LogP contribution in [0.15, 0.2) is 24.3 Å². The third-order valence-corrected chi connectivity index (χ3v) is 3.50. The Balaban J connectivity index is 2.62. The smallest absolute Gasteiger partial charge is 0.416 e. The summed E-state index contributed by atoms with van der Waals surface area (Å²) in [6.45, 7) is 6.79. The van der Waals surface area contributed by atoms with Gasteiger partial charge in [0.05, 0.1) is 5.56 Å². The monoisotopic (exact) mass is 359 g/mol. The first-order valence-corrected chi connectivity index (χ1v) is 7.92. The van der Waals surface area contributed by atoms with E-state index < -0.39 is 23.3 Å². The lowest BCUT2D eigenvalue weighted by Crippen LogP contribution is -2.36. The van der Waals surface area contributed by atoms with Crippen LogP contribution in [0.3, 0.4) is 0 Å². The summed E-state index contributed by atoms with van der Waals surface area (Å²) in [6.07, 6.45) is -4.30. The van der Waals surface area contributed by atoms with Gasteiger partial charge in [-0.25, -0.2) is 0 Å². The number of halogens is 3. The van der Waals surface area contributed by atoms with Crippen LogP contribution in [0.4, 0.5) is 13.2 Å². The van der Waals surface area contributed by atoms with Crippen molar-refractivity contribution in [1.29, 1.82) is 0 Å². The van der Waals surface area contributed by atoms with Gasteiger partial charge >= 0.3 is 12.1 Å². The van der Waals surface area contributed by atoms with E-state index in [1.165, 1.54) is 24.1 Å². The second-order valence-electron chi connectivity index (χ2n) is 7.06. The van der Waals surface area contributed by atoms with E-state index in [1.807, 2.05) is 0 Å². The molecule has 140 valence electrons. The lowest BCUT2D eigenvalue weighted by Gasteiger charge is -2.23. The number of amides is 1. The van der Waals surface area contributed by atoms with Crippen LogP contribution < -0.4 is 0 Å². The Morgan fingerprint density at radius 3 is 2.08 bits per heavy atom. The molecule has 1 atom stereocenters. The molecule has 0 radical (unpaired) electrons. The molecule has 1 rings (SSSR count). The predicted octanol–water partition coefficient (Wildman–Crippen LogP) is 4.00. The summed E-state index contributed by atoms with van der Waals surface area (Å²) in [5.74, 6) is -1.06. The van der Waals surface area contributed by atoms with Crippen molar-refractivity contribution in [3.8, 4) is 0 Å². The Kier molecular flexibility index (Phi) is 6.62. The van der Waals surface area contributed by atoms with Crippen LogP contribution in [-0.2, 0) is 20.5 Å². The van der Waals surface area contributed by atoms with Crippen molar-refractivity contribution >= 4 is 11.9 Å². The highest BCUT2D eigenvalue weighted by atomic mass is 19.4. The molecule has 0 aliphatic carbocycles. The molecule has 0 N–H and O–H groups in total. The van der Waals surface area contributed by atoms with E-state index in [4.69, 9.17) is 4.74 Å². The number of carbonyl (C=O) groups excluding carboxylic acids is 2. The summed E-state index contributed by atoms with van der Waals surface area (Å²) >= 11 is 0. The number of benzene rings is 1. The molecule has 1 unspecified atom stereocenters. The van der Waals surface area contributed by atoms with E-state index >= 15 is 0 Å². The normalized spacial score (nSPS) is 13.3. The molecule has 25 heavy (non-hydrogen) atoms. The van der Waals surface area contributed by atoms with Gasteiger partial charge in [-0.15, -0.1) is 0 Å². The van der Waals surface area contributed by atoms with Gasteiger partial charge in [-0.1, -0.05) is 19.1 Å². The summed E-state index contributed by atoms with van der Waals surface area (Å²) < 4.78 is 42.9. The second kappa shape index (κ2) is 7.89. The van der Waals surface area contributed by atoms with Gasteiger partial charge in [0.1, 0.15) is 12.1 Å². The van der Waals surface area contributed by atoms with Gasteiger partial charge in [-0.05, 0) is 44.4 Å². The number of rotatable bonds is 5. The van der Waals surface area contributed by atoms with Crippen molar-refractivity contribution in [2.75, 3.05) is 13.6 Å². The van der Waals surface area contributed by atoms with E-state index in [1.54, 1.807) is 27.7 Å². The number of ether oxygens (including phenoxy) is 1. The molecule has 7 heteroatoms. The predicted molar refractivity (Wildman–Crippen MR) is 88.0 cm³/mol. The minimum atomic E-state index is -4.38. The van der Waals surface area contributed by atoms with Gasteiger partial charge in [0, 0.05) is 13.5 Å². The summed E-state index contributed by atoms with van der Waals surface area (Å²) in [5.41, 5.74) is -0.724. The first-order valence-electron chi connectivity index (χ1n) is 7.92. The van der Waals surface area contributed by atoms with Crippen molar-refractivity contribution in [3.05, 3.63) is 35.4 Å². The van der Waals surface area contributed by atoms with Gasteiger partial charge < -0.3 is 9.64 Å². The van der Waals surface area contributed by atoms with E-state index in [-0.39, 0.29) is 24.8 Å². The minimum absolute atomic E-state index is 0.0880. The molecule has 0 bridgehead atoms. The average Bonchev–Trinajstić information content (AvgIpc) is 2.44. The Bertz CT molecular complexity index is 603. The minimum Gasteiger partial charge on any atom is -0.459 e. The molecule has 4 nitrogen and oxygen atoms in total. The fourth-order valence-electron chi connectivity index (χ4n) is 2.19. The molecule has 0 spiro atoms. The van der Waals surface area contributed by atoms with Gasteiger partial charge in [0.25, 0.3) is 0 Å². The van der Waals surface area contributed by atoms with E-state index in [2.05, 4.69) is 0 Å². The van der Waals surface area contributed by atoms with Crippen molar-refractivity contribution < 1.29 is 27.5 Å². The molecule has 1 aromatic rings. The average molecular weight is 359 g/mol. The topological polar surface area (TPSA) is 46.6 Å². The molecule has 1 amide bonds. The molecule has 0 aliphatic rings. The third kappa shape index (κ3) is 7.15. The van der Waals surface area contributed by atoms with E-state index in [0.29, 0.717) is 5.56 Å². The fraction of sp³-hybridized carbons (Fsp3) is 0.556. The quantitative estimate of drug-likeness (QED) is 0.747. The largest absolute Gasteiger partial charge is 0.459 e. The number of nitrogens with zero attached hydrogens (tertiary/aromatic N) is 1. The van der Waals surface area contributed by atoms with Crippen molar-refractivity contribution in [3.63, 3.8) is 0 Å². The highest BCUT2D eigenvalue weighted by Gasteiger charge is 2.30. The highest BCUT2D eigenvalue weighted by molar-refractivity contribution is 5.82. The number of esters is 1. The van der Waals surface area contributed by atoms with E-state index in [0.717, 1.165) is 12.1 Å². The second-order valence-corrected chi connectivity index (χ2v) is 7.06. The Morgan fingerprint density at radius 2 is 1.64 bits per heavy atom. The van der Waals surface area contributed by atoms with Crippen LogP contribution in [0, 0.1) is 0 Å². The number of alkyl halides is 3. The number of hydrogen-bond donors (Lipinski definition) is 0. The van der Waals surface area contributed by atoms with Crippen molar-refractivity contribution in [2.45, 2.75) is 51.8 Å². The van der Waals surface area contributed by atoms with E-state index in [9.17, 15) is 22.8 Å². The van der Waals surface area contributed by atoms with Gasteiger partial charge in [0.2, 0.25) is 5.91 Å². The van der Waals surface area contributed by atoms with Crippen LogP contribution in [0.25, 0.3) is 0 Å². The maximum absolute atomic E-state index is 12.6. The third-order valence-electron chi connectivity index (χ3n) is 3.50. The van der Waals surface area contributed by atoms with Gasteiger partial charge in [-0.2, -0.15) is 13.2 Å². The summed E-state index contributed by atoms with van der Waals surface area (Å²) in [4.78, 5) is 25.2. The molecular formula is C18H24F3NO3. The molecule has 0 fully saturated rings. The van der Waals surface area contributed by atoms with Crippen LogP contribution in [0.5, 0.6) is 0 Å². The van der Waals surface area contributed by atoms with Crippen LogP contribution in [-0.4, -0.2) is 36.0 Å². The number of carbonyl (C=O) groups is 2. The Labute approximate surface area is 146 Å². The Hall–Kier alpha value is -2.05. The lowest BCUT2D eigenvalue weighted by atomic mass is 9.96. The number of likely N-dealkylation sites (N-methyl/N-ethyl adjacent to an activating group) is 1. The lowest BCUT2D eigenvalue weighted by molar-refractivity contribution is -0.158. The van der Waals surface area contributed by atoms with Crippen LogP contribution in [0.1, 0.15) is 51.2 Å². The molecule has 0 saturated heterocycles. The first-order chi connectivity index (χ1) is 11.3. The molecule has 0 saturated carbocycles. The molecule has 0 heterocycles. The zero-order chi connectivity index (χ0) is 19.4. The number of hydrogen-bond acceptors (Lipinski definition) is 3. The molecule has 0 aromatic heterocycles. The van der Waals surface area contributed by atoms with Gasteiger partial charge in [-0.3, -0.25) is 9.59 Å². The molecule has 0 aliphatic heterocycles. The van der Waals surface area contributed by atoms with Crippen LogP contribution in [0.2, 0.25) is 0 Å². The summed E-state index contributed by atoms with van der Waals surface area (Å²) in [6, 6.07) is 4.74.